The second-order valence-corrected chi connectivity index (χ2v) is 3.75. The smallest absolute Gasteiger partial charge is 0.243 e. The summed E-state index contributed by atoms with van der Waals surface area (Å²) in [6.07, 6.45) is 0.602. The van der Waals surface area contributed by atoms with Crippen LogP contribution in [0.25, 0.3) is 0 Å². The van der Waals surface area contributed by atoms with Crippen LogP contribution in [0.5, 0.6) is 5.75 Å². The number of rotatable bonds is 5. The van der Waals surface area contributed by atoms with Crippen LogP contribution < -0.4 is 10.5 Å². The minimum absolute atomic E-state index is 0.230. The monoisotopic (exact) mass is 233 g/mol. The molecule has 2 N–H and O–H groups in total. The molecular weight excluding hydrogens is 218 g/mol. The highest BCUT2D eigenvalue weighted by Crippen LogP contribution is 2.09. The Kier molecular flexibility index (Phi) is 3.72. The predicted molar refractivity (Wildman–Crippen MR) is 62.5 cm³/mol. The number of para-hydroxylation sites is 1. The standard InChI is InChI=1S/C12H15N3O2/c1-9(13)12-14-11(15-17-12)7-8-16-10-5-3-2-4-6-10/h2-6,9H,7-8,13H2,1H3/t9-/m0/s1. The number of benzene rings is 1. The van der Waals surface area contributed by atoms with Gasteiger partial charge in [0.1, 0.15) is 5.75 Å². The second kappa shape index (κ2) is 5.45. The molecule has 0 saturated heterocycles. The van der Waals surface area contributed by atoms with Crippen LogP contribution in [0.15, 0.2) is 34.9 Å². The molecule has 90 valence electrons. The van der Waals surface area contributed by atoms with Gasteiger partial charge in [0.25, 0.3) is 0 Å². The Labute approximate surface area is 99.6 Å². The number of nitrogens with zero attached hydrogens (tertiary/aromatic N) is 2. The maximum atomic E-state index is 5.62. The fraction of sp³-hybridized carbons (Fsp3) is 0.333. The van der Waals surface area contributed by atoms with E-state index in [4.69, 9.17) is 15.0 Å². The Morgan fingerprint density at radius 2 is 2.12 bits per heavy atom. The van der Waals surface area contributed by atoms with Gasteiger partial charge in [0.2, 0.25) is 5.89 Å². The van der Waals surface area contributed by atoms with E-state index in [1.165, 1.54) is 0 Å². The summed E-state index contributed by atoms with van der Waals surface area (Å²) < 4.78 is 10.5. The minimum atomic E-state index is -0.230. The molecule has 0 aliphatic carbocycles. The summed E-state index contributed by atoms with van der Waals surface area (Å²) in [5, 5.41) is 3.82. The van der Waals surface area contributed by atoms with Crippen molar-refractivity contribution in [3.05, 3.63) is 42.0 Å². The van der Waals surface area contributed by atoms with Crippen LogP contribution in [-0.2, 0) is 6.42 Å². The molecule has 5 nitrogen and oxygen atoms in total. The quantitative estimate of drug-likeness (QED) is 0.851. The van der Waals surface area contributed by atoms with Crippen molar-refractivity contribution in [2.45, 2.75) is 19.4 Å². The van der Waals surface area contributed by atoms with Gasteiger partial charge in [-0.2, -0.15) is 4.98 Å². The van der Waals surface area contributed by atoms with Crippen LogP contribution in [0.3, 0.4) is 0 Å². The number of hydrogen-bond acceptors (Lipinski definition) is 5. The van der Waals surface area contributed by atoms with Crippen molar-refractivity contribution in [2.24, 2.45) is 5.73 Å². The van der Waals surface area contributed by atoms with Crippen molar-refractivity contribution in [1.82, 2.24) is 10.1 Å². The first-order valence-corrected chi connectivity index (χ1v) is 5.51. The van der Waals surface area contributed by atoms with Gasteiger partial charge in [-0.05, 0) is 19.1 Å². The molecule has 0 aliphatic rings. The van der Waals surface area contributed by atoms with E-state index < -0.39 is 0 Å². The van der Waals surface area contributed by atoms with Crippen LogP contribution >= 0.6 is 0 Å². The number of nitrogens with two attached hydrogens (primary N) is 1. The third-order valence-electron chi connectivity index (χ3n) is 2.21. The molecule has 0 spiro atoms. The molecule has 0 aliphatic heterocycles. The van der Waals surface area contributed by atoms with Crippen molar-refractivity contribution in [1.29, 1.82) is 0 Å². The van der Waals surface area contributed by atoms with E-state index in [1.807, 2.05) is 30.3 Å². The van der Waals surface area contributed by atoms with Gasteiger partial charge in [-0.25, -0.2) is 0 Å². The van der Waals surface area contributed by atoms with Crippen molar-refractivity contribution >= 4 is 0 Å². The second-order valence-electron chi connectivity index (χ2n) is 3.75. The van der Waals surface area contributed by atoms with E-state index in [-0.39, 0.29) is 6.04 Å². The van der Waals surface area contributed by atoms with Gasteiger partial charge in [0.05, 0.1) is 12.6 Å². The summed E-state index contributed by atoms with van der Waals surface area (Å²) in [5.41, 5.74) is 5.62. The molecule has 5 heteroatoms. The van der Waals surface area contributed by atoms with Crippen molar-refractivity contribution in [3.8, 4) is 5.75 Å². The molecule has 0 amide bonds. The summed E-state index contributed by atoms with van der Waals surface area (Å²) in [6, 6.07) is 9.38. The Hall–Kier alpha value is -1.88. The van der Waals surface area contributed by atoms with Crippen molar-refractivity contribution in [3.63, 3.8) is 0 Å². The van der Waals surface area contributed by atoms with E-state index in [0.717, 1.165) is 5.75 Å². The maximum absolute atomic E-state index is 5.62. The van der Waals surface area contributed by atoms with Crippen molar-refractivity contribution in [2.75, 3.05) is 6.61 Å². The summed E-state index contributed by atoms with van der Waals surface area (Å²) in [5.74, 6) is 1.91. The van der Waals surface area contributed by atoms with Crippen LogP contribution in [-0.4, -0.2) is 16.7 Å². The largest absolute Gasteiger partial charge is 0.493 e. The first-order valence-electron chi connectivity index (χ1n) is 5.51. The summed E-state index contributed by atoms with van der Waals surface area (Å²) in [6.45, 7) is 2.32. The summed E-state index contributed by atoms with van der Waals surface area (Å²) >= 11 is 0. The average Bonchev–Trinajstić information content (AvgIpc) is 2.79. The first-order chi connectivity index (χ1) is 8.25. The Balaban J connectivity index is 1.82. The van der Waals surface area contributed by atoms with Crippen LogP contribution in [0, 0.1) is 0 Å². The maximum Gasteiger partial charge on any atom is 0.243 e. The van der Waals surface area contributed by atoms with E-state index in [1.54, 1.807) is 6.92 Å². The topological polar surface area (TPSA) is 74.2 Å². The molecule has 1 atom stereocenters. The van der Waals surface area contributed by atoms with Gasteiger partial charge in [0.15, 0.2) is 5.82 Å². The van der Waals surface area contributed by atoms with Gasteiger partial charge in [-0.15, -0.1) is 0 Å². The molecular formula is C12H15N3O2. The summed E-state index contributed by atoms with van der Waals surface area (Å²) in [4.78, 5) is 4.16. The van der Waals surface area contributed by atoms with E-state index in [2.05, 4.69) is 10.1 Å². The van der Waals surface area contributed by atoms with E-state index in [9.17, 15) is 0 Å². The lowest BCUT2D eigenvalue weighted by Gasteiger charge is -2.02. The Morgan fingerprint density at radius 3 is 2.76 bits per heavy atom. The third-order valence-corrected chi connectivity index (χ3v) is 2.21. The fourth-order valence-electron chi connectivity index (χ4n) is 1.33. The normalized spacial score (nSPS) is 12.4. The number of ether oxygens (including phenoxy) is 1. The predicted octanol–water partition coefficient (Wildman–Crippen LogP) is 1.71. The molecule has 0 unspecified atom stereocenters. The highest BCUT2D eigenvalue weighted by molar-refractivity contribution is 5.20. The lowest BCUT2D eigenvalue weighted by Crippen LogP contribution is -2.06. The molecule has 0 saturated carbocycles. The highest BCUT2D eigenvalue weighted by Gasteiger charge is 2.09. The molecule has 2 aromatic rings. The third kappa shape index (κ3) is 3.29. The Morgan fingerprint density at radius 1 is 1.35 bits per heavy atom. The molecule has 0 fully saturated rings. The van der Waals surface area contributed by atoms with Gasteiger partial charge < -0.3 is 15.0 Å². The SMILES string of the molecule is C[C@H](N)c1nc(CCOc2ccccc2)no1. The van der Waals surface area contributed by atoms with Crippen molar-refractivity contribution < 1.29 is 9.26 Å². The lowest BCUT2D eigenvalue weighted by molar-refractivity contribution is 0.312. The first kappa shape index (κ1) is 11.6. The van der Waals surface area contributed by atoms with E-state index >= 15 is 0 Å². The van der Waals surface area contributed by atoms with Crippen LogP contribution in [0.2, 0.25) is 0 Å². The zero-order chi connectivity index (χ0) is 12.1. The van der Waals surface area contributed by atoms with Gasteiger partial charge >= 0.3 is 0 Å². The number of hydrogen-bond donors (Lipinski definition) is 1. The average molecular weight is 233 g/mol. The molecule has 1 heterocycles. The van der Waals surface area contributed by atoms with Crippen LogP contribution in [0.1, 0.15) is 24.7 Å². The zero-order valence-corrected chi connectivity index (χ0v) is 9.67. The molecule has 1 aromatic heterocycles. The number of aromatic nitrogens is 2. The lowest BCUT2D eigenvalue weighted by atomic mass is 10.3. The van der Waals surface area contributed by atoms with Crippen LogP contribution in [0.4, 0.5) is 0 Å². The Bertz CT molecular complexity index is 454. The van der Waals surface area contributed by atoms with Gasteiger partial charge in [0, 0.05) is 6.42 Å². The molecule has 0 radical (unpaired) electrons. The summed E-state index contributed by atoms with van der Waals surface area (Å²) in [7, 11) is 0. The molecule has 2 rings (SSSR count). The highest BCUT2D eigenvalue weighted by atomic mass is 16.5. The minimum Gasteiger partial charge on any atom is -0.493 e. The van der Waals surface area contributed by atoms with E-state index in [0.29, 0.717) is 24.7 Å². The zero-order valence-electron chi connectivity index (χ0n) is 9.67. The van der Waals surface area contributed by atoms with Gasteiger partial charge in [-0.3, -0.25) is 0 Å². The molecule has 17 heavy (non-hydrogen) atoms. The fourth-order valence-corrected chi connectivity index (χ4v) is 1.33. The molecule has 1 aromatic carbocycles. The van der Waals surface area contributed by atoms with Gasteiger partial charge in [-0.1, -0.05) is 23.4 Å². The molecule has 0 bridgehead atoms.